The zero-order valence-electron chi connectivity index (χ0n) is 12.6. The first-order chi connectivity index (χ1) is 11.6. The molecule has 0 spiro atoms. The van der Waals surface area contributed by atoms with E-state index in [1.807, 2.05) is 0 Å². The lowest BCUT2D eigenvalue weighted by atomic mass is 10.2. The summed E-state index contributed by atoms with van der Waals surface area (Å²) in [5.74, 6) is -0.491. The summed E-state index contributed by atoms with van der Waals surface area (Å²) in [6.07, 6.45) is 4.42. The highest BCUT2D eigenvalue weighted by atomic mass is 16.5. The van der Waals surface area contributed by atoms with Crippen molar-refractivity contribution in [3.8, 4) is 11.4 Å². The Balaban J connectivity index is 1.91. The number of benzene rings is 1. The van der Waals surface area contributed by atoms with Crippen molar-refractivity contribution in [3.05, 3.63) is 54.6 Å². The monoisotopic (exact) mass is 324 g/mol. The minimum Gasteiger partial charge on any atom is -0.424 e. The van der Waals surface area contributed by atoms with E-state index < -0.39 is 5.97 Å². The quantitative estimate of drug-likeness (QED) is 0.567. The van der Waals surface area contributed by atoms with Crippen LogP contribution in [0.2, 0.25) is 0 Å². The number of rotatable bonds is 4. The molecule has 9 nitrogen and oxygen atoms in total. The summed E-state index contributed by atoms with van der Waals surface area (Å²) in [7, 11) is 0. The first-order valence-electron chi connectivity index (χ1n) is 6.90. The van der Waals surface area contributed by atoms with Gasteiger partial charge in [-0.05, 0) is 40.8 Å². The maximum absolute atomic E-state index is 12.2. The highest BCUT2D eigenvalue weighted by molar-refractivity contribution is 6.04. The normalized spacial score (nSPS) is 10.2. The molecule has 120 valence electrons. The van der Waals surface area contributed by atoms with Crippen LogP contribution in [-0.2, 0) is 4.79 Å². The number of tetrazole rings is 1. The van der Waals surface area contributed by atoms with Crippen molar-refractivity contribution in [3.63, 3.8) is 0 Å². The average molecular weight is 324 g/mol. The number of hydrogen-bond acceptors (Lipinski definition) is 7. The van der Waals surface area contributed by atoms with Crippen LogP contribution < -0.4 is 10.1 Å². The largest absolute Gasteiger partial charge is 0.424 e. The van der Waals surface area contributed by atoms with Gasteiger partial charge in [-0.15, -0.1) is 5.10 Å². The number of ether oxygens (including phenoxy) is 1. The summed E-state index contributed by atoms with van der Waals surface area (Å²) in [4.78, 5) is 27.3. The maximum atomic E-state index is 12.2. The van der Waals surface area contributed by atoms with Gasteiger partial charge in [0.1, 0.15) is 12.0 Å². The third kappa shape index (κ3) is 3.40. The van der Waals surface area contributed by atoms with Crippen LogP contribution in [0.15, 0.2) is 49.1 Å². The molecule has 0 unspecified atom stereocenters. The summed E-state index contributed by atoms with van der Waals surface area (Å²) in [5.41, 5.74) is 1.39. The van der Waals surface area contributed by atoms with Crippen LogP contribution in [0, 0.1) is 0 Å². The number of esters is 1. The van der Waals surface area contributed by atoms with Crippen LogP contribution in [0.1, 0.15) is 17.3 Å². The molecule has 0 aliphatic carbocycles. The molecule has 2 heterocycles. The Labute approximate surface area is 136 Å². The average Bonchev–Trinajstić information content (AvgIpc) is 3.11. The molecule has 0 saturated heterocycles. The molecule has 0 fully saturated rings. The summed E-state index contributed by atoms with van der Waals surface area (Å²) < 4.78 is 6.47. The Hall–Kier alpha value is -3.62. The van der Waals surface area contributed by atoms with Crippen molar-refractivity contribution < 1.29 is 14.3 Å². The Morgan fingerprint density at radius 3 is 2.62 bits per heavy atom. The molecule has 1 N–H and O–H groups in total. The third-order valence-corrected chi connectivity index (χ3v) is 3.01. The highest BCUT2D eigenvalue weighted by Gasteiger charge is 2.13. The number of hydrogen-bond donors (Lipinski definition) is 1. The lowest BCUT2D eigenvalue weighted by Gasteiger charge is -2.11. The van der Waals surface area contributed by atoms with Gasteiger partial charge in [-0.25, -0.2) is 0 Å². The van der Waals surface area contributed by atoms with Crippen LogP contribution in [0.25, 0.3) is 5.69 Å². The van der Waals surface area contributed by atoms with E-state index in [2.05, 4.69) is 25.8 Å². The molecule has 0 aliphatic rings. The molecule has 9 heteroatoms. The van der Waals surface area contributed by atoms with Crippen molar-refractivity contribution in [2.75, 3.05) is 5.32 Å². The first-order valence-corrected chi connectivity index (χ1v) is 6.90. The molecule has 3 rings (SSSR count). The van der Waals surface area contributed by atoms with Gasteiger partial charge >= 0.3 is 5.97 Å². The number of aromatic nitrogens is 5. The zero-order chi connectivity index (χ0) is 16.9. The molecule has 1 aromatic carbocycles. The van der Waals surface area contributed by atoms with Crippen LogP contribution >= 0.6 is 0 Å². The number of amides is 1. The van der Waals surface area contributed by atoms with E-state index in [0.717, 1.165) is 0 Å². The zero-order valence-corrected chi connectivity index (χ0v) is 12.6. The van der Waals surface area contributed by atoms with Crippen LogP contribution in [-0.4, -0.2) is 37.1 Å². The van der Waals surface area contributed by atoms with E-state index in [1.54, 1.807) is 30.3 Å². The number of carbonyl (C=O) groups is 2. The minimum absolute atomic E-state index is 0.275. The van der Waals surface area contributed by atoms with E-state index in [4.69, 9.17) is 4.74 Å². The summed E-state index contributed by atoms with van der Waals surface area (Å²) in [5, 5.41) is 13.6. The van der Waals surface area contributed by atoms with Gasteiger partial charge < -0.3 is 10.1 Å². The summed E-state index contributed by atoms with van der Waals surface area (Å²) in [6.45, 7) is 1.29. The lowest BCUT2D eigenvalue weighted by Crippen LogP contribution is -2.13. The molecule has 0 atom stereocenters. The van der Waals surface area contributed by atoms with E-state index in [9.17, 15) is 9.59 Å². The SMILES string of the molecule is CC(=O)Oc1ccc(NC(=O)c2ccncc2)cc1-n1cnnn1. The number of nitrogens with one attached hydrogen (secondary N) is 1. The number of pyridine rings is 1. The van der Waals surface area contributed by atoms with Crippen molar-refractivity contribution in [1.82, 2.24) is 25.2 Å². The van der Waals surface area contributed by atoms with Gasteiger partial charge in [0.15, 0.2) is 5.75 Å². The van der Waals surface area contributed by atoms with Crippen LogP contribution in [0.5, 0.6) is 5.75 Å². The molecule has 0 saturated carbocycles. The van der Waals surface area contributed by atoms with Gasteiger partial charge in [-0.1, -0.05) is 0 Å². The van der Waals surface area contributed by atoms with Crippen LogP contribution in [0.3, 0.4) is 0 Å². The Morgan fingerprint density at radius 2 is 1.96 bits per heavy atom. The van der Waals surface area contributed by atoms with E-state index in [-0.39, 0.29) is 11.7 Å². The van der Waals surface area contributed by atoms with E-state index in [0.29, 0.717) is 16.9 Å². The summed E-state index contributed by atoms with van der Waals surface area (Å²) >= 11 is 0. The molecule has 2 aromatic heterocycles. The molecule has 1 amide bonds. The predicted molar refractivity (Wildman–Crippen MR) is 82.7 cm³/mol. The van der Waals surface area contributed by atoms with Gasteiger partial charge in [-0.3, -0.25) is 14.6 Å². The lowest BCUT2D eigenvalue weighted by molar-refractivity contribution is -0.131. The Bertz CT molecular complexity index is 864. The van der Waals surface area contributed by atoms with Crippen molar-refractivity contribution in [2.45, 2.75) is 6.92 Å². The smallest absolute Gasteiger partial charge is 0.308 e. The fraction of sp³-hybridized carbons (Fsp3) is 0.0667. The van der Waals surface area contributed by atoms with Crippen molar-refractivity contribution in [1.29, 1.82) is 0 Å². The van der Waals surface area contributed by atoms with Gasteiger partial charge in [0, 0.05) is 30.6 Å². The van der Waals surface area contributed by atoms with Crippen molar-refractivity contribution >= 4 is 17.6 Å². The molecular weight excluding hydrogens is 312 g/mol. The van der Waals surface area contributed by atoms with E-state index in [1.165, 1.54) is 30.3 Å². The second kappa shape index (κ2) is 6.65. The minimum atomic E-state index is -0.474. The number of carbonyl (C=O) groups excluding carboxylic acids is 2. The maximum Gasteiger partial charge on any atom is 0.308 e. The predicted octanol–water partition coefficient (Wildman–Crippen LogP) is 1.23. The fourth-order valence-corrected chi connectivity index (χ4v) is 1.99. The molecule has 3 aromatic rings. The fourth-order valence-electron chi connectivity index (χ4n) is 1.99. The summed E-state index contributed by atoms with van der Waals surface area (Å²) in [6, 6.07) is 7.98. The number of nitrogens with zero attached hydrogens (tertiary/aromatic N) is 5. The molecule has 24 heavy (non-hydrogen) atoms. The van der Waals surface area contributed by atoms with Gasteiger partial charge in [-0.2, -0.15) is 4.68 Å². The molecule has 0 bridgehead atoms. The first kappa shape index (κ1) is 15.3. The second-order valence-corrected chi connectivity index (χ2v) is 4.72. The standard InChI is InChI=1S/C15H12N6O3/c1-10(22)24-14-3-2-12(8-13(14)21-9-17-19-20-21)18-15(23)11-4-6-16-7-5-11/h2-9H,1H3,(H,18,23). The number of anilines is 1. The Morgan fingerprint density at radius 1 is 1.17 bits per heavy atom. The highest BCUT2D eigenvalue weighted by Crippen LogP contribution is 2.26. The van der Waals surface area contributed by atoms with E-state index >= 15 is 0 Å². The van der Waals surface area contributed by atoms with Gasteiger partial charge in [0.25, 0.3) is 5.91 Å². The van der Waals surface area contributed by atoms with Gasteiger partial charge in [0.05, 0.1) is 0 Å². The van der Waals surface area contributed by atoms with Crippen molar-refractivity contribution in [2.24, 2.45) is 0 Å². The second-order valence-electron chi connectivity index (χ2n) is 4.72. The van der Waals surface area contributed by atoms with Crippen LogP contribution in [0.4, 0.5) is 5.69 Å². The molecular formula is C15H12N6O3. The molecule has 0 aliphatic heterocycles. The Kier molecular flexibility index (Phi) is 4.23. The molecule has 0 radical (unpaired) electrons. The third-order valence-electron chi connectivity index (χ3n) is 3.01. The van der Waals surface area contributed by atoms with Gasteiger partial charge in [0.2, 0.25) is 0 Å². The topological polar surface area (TPSA) is 112 Å².